The van der Waals surface area contributed by atoms with Crippen LogP contribution in [0.3, 0.4) is 0 Å². The highest BCUT2D eigenvalue weighted by molar-refractivity contribution is 5.92. The van der Waals surface area contributed by atoms with Crippen molar-refractivity contribution in [2.75, 3.05) is 19.7 Å². The number of aliphatic hydroxyl groups is 1. The molecule has 0 aromatic carbocycles. The molecule has 1 unspecified atom stereocenters. The number of rotatable bonds is 2. The number of hydrogen-bond acceptors (Lipinski definition) is 3. The maximum atomic E-state index is 12.3. The van der Waals surface area contributed by atoms with Crippen LogP contribution >= 0.6 is 0 Å². The average molecular weight is 272 g/mol. The third kappa shape index (κ3) is 3.37. The quantitative estimate of drug-likeness (QED) is 0.831. The molecule has 1 aromatic rings. The molecule has 1 aliphatic rings. The maximum Gasteiger partial charge on any atom is 0.272 e. The van der Waals surface area contributed by atoms with Gasteiger partial charge in [0.1, 0.15) is 12.3 Å². The predicted octanol–water partition coefficient (Wildman–Crippen LogP) is 1.54. The van der Waals surface area contributed by atoms with Gasteiger partial charge in [-0.25, -0.2) is 4.98 Å². The van der Waals surface area contributed by atoms with Crippen molar-refractivity contribution in [1.29, 1.82) is 0 Å². The lowest BCUT2D eigenvalue weighted by Gasteiger charge is -2.17. The molecule has 106 valence electrons. The third-order valence-electron chi connectivity index (χ3n) is 3.75. The van der Waals surface area contributed by atoms with Crippen molar-refractivity contribution in [2.45, 2.75) is 20.3 Å². The fourth-order valence-corrected chi connectivity index (χ4v) is 2.41. The van der Waals surface area contributed by atoms with E-state index in [2.05, 4.69) is 30.7 Å². The van der Waals surface area contributed by atoms with Gasteiger partial charge in [-0.2, -0.15) is 0 Å². The lowest BCUT2D eigenvalue weighted by atomic mass is 9.95. The lowest BCUT2D eigenvalue weighted by Crippen LogP contribution is -2.30. The van der Waals surface area contributed by atoms with Crippen molar-refractivity contribution in [3.8, 4) is 11.8 Å². The highest BCUT2D eigenvalue weighted by Gasteiger charge is 2.29. The number of carbonyl (C=O) groups is 1. The minimum absolute atomic E-state index is 0.00480. The normalized spacial score (nSPS) is 18.0. The molecular weight excluding hydrogens is 252 g/mol. The van der Waals surface area contributed by atoms with Gasteiger partial charge in [0, 0.05) is 24.8 Å². The van der Waals surface area contributed by atoms with Gasteiger partial charge >= 0.3 is 0 Å². The van der Waals surface area contributed by atoms with Gasteiger partial charge in [0.25, 0.3) is 5.91 Å². The molecule has 1 N–H and O–H groups in total. The summed E-state index contributed by atoms with van der Waals surface area (Å²) in [4.78, 5) is 18.4. The average Bonchev–Trinajstić information content (AvgIpc) is 2.95. The summed E-state index contributed by atoms with van der Waals surface area (Å²) in [6.45, 7) is 5.86. The number of aromatic nitrogens is 1. The first kappa shape index (κ1) is 14.5. The van der Waals surface area contributed by atoms with Gasteiger partial charge in [0.2, 0.25) is 0 Å². The van der Waals surface area contributed by atoms with Gasteiger partial charge < -0.3 is 10.0 Å². The molecule has 4 heteroatoms. The Morgan fingerprint density at radius 3 is 2.90 bits per heavy atom. The number of aliphatic hydroxyl groups excluding tert-OH is 1. The number of amides is 1. The second-order valence-corrected chi connectivity index (χ2v) is 5.44. The summed E-state index contributed by atoms with van der Waals surface area (Å²) in [5.41, 5.74) is 1.17. The van der Waals surface area contributed by atoms with Gasteiger partial charge in [0.15, 0.2) is 0 Å². The van der Waals surface area contributed by atoms with Crippen molar-refractivity contribution in [1.82, 2.24) is 9.88 Å². The van der Waals surface area contributed by atoms with E-state index in [4.69, 9.17) is 5.11 Å². The van der Waals surface area contributed by atoms with Gasteiger partial charge in [-0.05, 0) is 30.4 Å². The van der Waals surface area contributed by atoms with Crippen LogP contribution in [0.1, 0.15) is 36.3 Å². The molecule has 0 spiro atoms. The monoisotopic (exact) mass is 272 g/mol. The zero-order valence-electron chi connectivity index (χ0n) is 12.0. The van der Waals surface area contributed by atoms with E-state index in [1.54, 1.807) is 18.3 Å². The van der Waals surface area contributed by atoms with Crippen molar-refractivity contribution in [3.05, 3.63) is 29.6 Å². The van der Waals surface area contributed by atoms with E-state index in [1.807, 2.05) is 4.90 Å². The standard InChI is InChI=1S/C16H20N2O2/c1-12(2)14-7-8-18(11-14)16(20)15-6-5-13(10-17-15)4-3-9-19/h5-6,10,12,14,19H,7-9,11H2,1-2H3. The molecule has 2 heterocycles. The van der Waals surface area contributed by atoms with E-state index in [1.165, 1.54) is 0 Å². The number of carbonyl (C=O) groups excluding carboxylic acids is 1. The van der Waals surface area contributed by atoms with Crippen molar-refractivity contribution < 1.29 is 9.90 Å². The SMILES string of the molecule is CC(C)C1CCN(C(=O)c2ccc(C#CCO)cn2)C1. The Kier molecular flexibility index (Phi) is 4.75. The Morgan fingerprint density at radius 1 is 1.55 bits per heavy atom. The summed E-state index contributed by atoms with van der Waals surface area (Å²) in [5.74, 6) is 6.52. The molecule has 1 saturated heterocycles. The third-order valence-corrected chi connectivity index (χ3v) is 3.75. The molecule has 2 rings (SSSR count). The minimum atomic E-state index is -0.176. The first-order valence-electron chi connectivity index (χ1n) is 6.97. The fraction of sp³-hybridized carbons (Fsp3) is 0.500. The van der Waals surface area contributed by atoms with E-state index < -0.39 is 0 Å². The van der Waals surface area contributed by atoms with Crippen molar-refractivity contribution >= 4 is 5.91 Å². The molecule has 1 atom stereocenters. The molecule has 0 radical (unpaired) electrons. The Bertz CT molecular complexity index is 526. The van der Waals surface area contributed by atoms with E-state index in [-0.39, 0.29) is 12.5 Å². The summed E-state index contributed by atoms with van der Waals surface area (Å²) < 4.78 is 0. The molecule has 1 aromatic heterocycles. The van der Waals surface area contributed by atoms with Crippen LogP contribution in [0.15, 0.2) is 18.3 Å². The highest BCUT2D eigenvalue weighted by atomic mass is 16.2. The number of likely N-dealkylation sites (tertiary alicyclic amines) is 1. The Labute approximate surface area is 119 Å². The molecule has 0 aliphatic carbocycles. The molecular formula is C16H20N2O2. The molecule has 1 aliphatic heterocycles. The molecule has 4 nitrogen and oxygen atoms in total. The van der Waals surface area contributed by atoms with Gasteiger partial charge in [-0.3, -0.25) is 4.79 Å². The number of hydrogen-bond donors (Lipinski definition) is 1. The fourth-order valence-electron chi connectivity index (χ4n) is 2.41. The largest absolute Gasteiger partial charge is 0.384 e. The highest BCUT2D eigenvalue weighted by Crippen LogP contribution is 2.24. The maximum absolute atomic E-state index is 12.3. The summed E-state index contributed by atoms with van der Waals surface area (Å²) in [5, 5.41) is 8.63. The lowest BCUT2D eigenvalue weighted by molar-refractivity contribution is 0.0778. The second-order valence-electron chi connectivity index (χ2n) is 5.44. The topological polar surface area (TPSA) is 53.4 Å². The van der Waals surface area contributed by atoms with Crippen LogP contribution in [0.2, 0.25) is 0 Å². The first-order valence-corrected chi connectivity index (χ1v) is 6.97. The summed E-state index contributed by atoms with van der Waals surface area (Å²) in [6, 6.07) is 3.46. The zero-order chi connectivity index (χ0) is 14.5. The molecule has 1 fully saturated rings. The molecule has 20 heavy (non-hydrogen) atoms. The van der Waals surface area contributed by atoms with Crippen LogP contribution in [-0.4, -0.2) is 40.6 Å². The van der Waals surface area contributed by atoms with Gasteiger partial charge in [-0.1, -0.05) is 25.7 Å². The Morgan fingerprint density at radius 2 is 2.35 bits per heavy atom. The minimum Gasteiger partial charge on any atom is -0.384 e. The number of pyridine rings is 1. The van der Waals surface area contributed by atoms with Crippen molar-refractivity contribution in [3.63, 3.8) is 0 Å². The van der Waals surface area contributed by atoms with Crippen LogP contribution in [0.5, 0.6) is 0 Å². The smallest absolute Gasteiger partial charge is 0.272 e. The predicted molar refractivity (Wildman–Crippen MR) is 77.0 cm³/mol. The van der Waals surface area contributed by atoms with E-state index >= 15 is 0 Å². The summed E-state index contributed by atoms with van der Waals surface area (Å²) in [6.07, 6.45) is 2.65. The van der Waals surface area contributed by atoms with Gasteiger partial charge in [-0.15, -0.1) is 0 Å². The van der Waals surface area contributed by atoms with E-state index in [9.17, 15) is 4.79 Å². The Balaban J connectivity index is 2.03. The molecule has 0 saturated carbocycles. The Hall–Kier alpha value is -1.86. The molecule has 1 amide bonds. The van der Waals surface area contributed by atoms with Crippen LogP contribution < -0.4 is 0 Å². The van der Waals surface area contributed by atoms with Crippen LogP contribution in [-0.2, 0) is 0 Å². The second kappa shape index (κ2) is 6.53. The summed E-state index contributed by atoms with van der Waals surface area (Å²) >= 11 is 0. The van der Waals surface area contributed by atoms with Crippen LogP contribution in [0, 0.1) is 23.7 Å². The zero-order valence-corrected chi connectivity index (χ0v) is 12.0. The van der Waals surface area contributed by atoms with Gasteiger partial charge in [0.05, 0.1) is 0 Å². The first-order chi connectivity index (χ1) is 9.61. The van der Waals surface area contributed by atoms with E-state index in [0.29, 0.717) is 23.1 Å². The summed E-state index contributed by atoms with van der Waals surface area (Å²) in [7, 11) is 0. The number of nitrogens with zero attached hydrogens (tertiary/aromatic N) is 2. The van der Waals surface area contributed by atoms with E-state index in [0.717, 1.165) is 19.5 Å². The molecule has 0 bridgehead atoms. The van der Waals surface area contributed by atoms with Crippen molar-refractivity contribution in [2.24, 2.45) is 11.8 Å². The van der Waals surface area contributed by atoms with Crippen LogP contribution in [0.4, 0.5) is 0 Å². The van der Waals surface area contributed by atoms with Crippen LogP contribution in [0.25, 0.3) is 0 Å².